The SMILES string of the molecule is CCC(N)C(=O)N1CCC[C@@H]1C(=O)O. The molecule has 1 aliphatic rings. The zero-order valence-electron chi connectivity index (χ0n) is 8.27. The monoisotopic (exact) mass is 200 g/mol. The second-order valence-corrected chi connectivity index (χ2v) is 3.54. The van der Waals surface area contributed by atoms with E-state index in [9.17, 15) is 9.59 Å². The highest BCUT2D eigenvalue weighted by atomic mass is 16.4. The van der Waals surface area contributed by atoms with Gasteiger partial charge in [0.15, 0.2) is 0 Å². The van der Waals surface area contributed by atoms with E-state index in [1.165, 1.54) is 4.90 Å². The van der Waals surface area contributed by atoms with Crippen LogP contribution < -0.4 is 5.73 Å². The van der Waals surface area contributed by atoms with Crippen LogP contribution >= 0.6 is 0 Å². The van der Waals surface area contributed by atoms with Gasteiger partial charge in [-0.2, -0.15) is 0 Å². The minimum atomic E-state index is -0.931. The highest BCUT2D eigenvalue weighted by molar-refractivity contribution is 5.87. The molecule has 0 saturated carbocycles. The Kier molecular flexibility index (Phi) is 3.46. The van der Waals surface area contributed by atoms with E-state index in [1.54, 1.807) is 0 Å². The lowest BCUT2D eigenvalue weighted by molar-refractivity contribution is -0.148. The van der Waals surface area contributed by atoms with Crippen molar-refractivity contribution in [2.45, 2.75) is 38.3 Å². The van der Waals surface area contributed by atoms with Crippen LogP contribution in [-0.2, 0) is 9.59 Å². The third-order valence-electron chi connectivity index (χ3n) is 2.58. The summed E-state index contributed by atoms with van der Waals surface area (Å²) in [6.07, 6.45) is 1.83. The lowest BCUT2D eigenvalue weighted by Gasteiger charge is -2.24. The number of rotatable bonds is 3. The molecule has 0 radical (unpaired) electrons. The highest BCUT2D eigenvalue weighted by Crippen LogP contribution is 2.18. The molecule has 0 aromatic rings. The summed E-state index contributed by atoms with van der Waals surface area (Å²) in [5.74, 6) is -1.17. The van der Waals surface area contributed by atoms with Gasteiger partial charge in [0.25, 0.3) is 0 Å². The van der Waals surface area contributed by atoms with Crippen molar-refractivity contribution in [2.75, 3.05) is 6.54 Å². The second-order valence-electron chi connectivity index (χ2n) is 3.54. The number of amides is 1. The molecular weight excluding hydrogens is 184 g/mol. The number of nitrogens with two attached hydrogens (primary N) is 1. The first-order valence-corrected chi connectivity index (χ1v) is 4.86. The van der Waals surface area contributed by atoms with Crippen molar-refractivity contribution in [1.82, 2.24) is 4.90 Å². The fraction of sp³-hybridized carbons (Fsp3) is 0.778. The molecule has 1 aliphatic heterocycles. The van der Waals surface area contributed by atoms with Gasteiger partial charge in [0.05, 0.1) is 6.04 Å². The molecular formula is C9H16N2O3. The molecule has 0 aromatic heterocycles. The van der Waals surface area contributed by atoms with Crippen LogP contribution in [0.2, 0.25) is 0 Å². The van der Waals surface area contributed by atoms with Gasteiger partial charge in [0.1, 0.15) is 6.04 Å². The maximum atomic E-state index is 11.6. The van der Waals surface area contributed by atoms with Gasteiger partial charge in [-0.3, -0.25) is 4.79 Å². The Balaban J connectivity index is 2.67. The third kappa shape index (κ3) is 2.04. The topological polar surface area (TPSA) is 83.6 Å². The predicted molar refractivity (Wildman–Crippen MR) is 50.6 cm³/mol. The van der Waals surface area contributed by atoms with Crippen LogP contribution in [0, 0.1) is 0 Å². The molecule has 1 amide bonds. The molecule has 1 heterocycles. The predicted octanol–water partition coefficient (Wildman–Crippen LogP) is -0.201. The van der Waals surface area contributed by atoms with E-state index in [-0.39, 0.29) is 5.91 Å². The average molecular weight is 200 g/mol. The average Bonchev–Trinajstić information content (AvgIpc) is 2.63. The number of aliphatic carboxylic acids is 1. The summed E-state index contributed by atoms with van der Waals surface area (Å²) < 4.78 is 0. The van der Waals surface area contributed by atoms with Gasteiger partial charge in [0.2, 0.25) is 5.91 Å². The smallest absolute Gasteiger partial charge is 0.326 e. The van der Waals surface area contributed by atoms with Crippen LogP contribution in [-0.4, -0.2) is 40.5 Å². The Morgan fingerprint density at radius 1 is 1.64 bits per heavy atom. The summed E-state index contributed by atoms with van der Waals surface area (Å²) in [5.41, 5.74) is 5.57. The largest absolute Gasteiger partial charge is 0.480 e. The van der Waals surface area contributed by atoms with Crippen LogP contribution in [0.4, 0.5) is 0 Å². The van der Waals surface area contributed by atoms with Gasteiger partial charge < -0.3 is 15.7 Å². The highest BCUT2D eigenvalue weighted by Gasteiger charge is 2.35. The van der Waals surface area contributed by atoms with Crippen molar-refractivity contribution in [3.05, 3.63) is 0 Å². The fourth-order valence-corrected chi connectivity index (χ4v) is 1.67. The third-order valence-corrected chi connectivity index (χ3v) is 2.58. The molecule has 3 N–H and O–H groups in total. The maximum absolute atomic E-state index is 11.6. The first-order chi connectivity index (χ1) is 6.57. The number of hydrogen-bond acceptors (Lipinski definition) is 3. The number of hydrogen-bond donors (Lipinski definition) is 2. The molecule has 0 aromatic carbocycles. The molecule has 0 spiro atoms. The quantitative estimate of drug-likeness (QED) is 0.660. The van der Waals surface area contributed by atoms with E-state index in [0.29, 0.717) is 19.4 Å². The van der Waals surface area contributed by atoms with Crippen LogP contribution in [0.25, 0.3) is 0 Å². The number of carbonyl (C=O) groups is 2. The van der Waals surface area contributed by atoms with Crippen molar-refractivity contribution in [3.8, 4) is 0 Å². The van der Waals surface area contributed by atoms with Crippen molar-refractivity contribution in [2.24, 2.45) is 5.73 Å². The Labute approximate surface area is 82.9 Å². The molecule has 1 saturated heterocycles. The van der Waals surface area contributed by atoms with Crippen molar-refractivity contribution < 1.29 is 14.7 Å². The van der Waals surface area contributed by atoms with Crippen LogP contribution in [0.15, 0.2) is 0 Å². The molecule has 1 rings (SSSR count). The number of likely N-dealkylation sites (tertiary alicyclic amines) is 1. The van der Waals surface area contributed by atoms with Gasteiger partial charge in [0, 0.05) is 6.54 Å². The summed E-state index contributed by atoms with van der Waals surface area (Å²) in [6, 6.07) is -1.23. The van der Waals surface area contributed by atoms with E-state index in [0.717, 1.165) is 6.42 Å². The molecule has 5 nitrogen and oxygen atoms in total. The molecule has 1 fully saturated rings. The molecule has 5 heteroatoms. The second kappa shape index (κ2) is 4.41. The van der Waals surface area contributed by atoms with Gasteiger partial charge in [-0.1, -0.05) is 6.92 Å². The van der Waals surface area contributed by atoms with Gasteiger partial charge in [-0.25, -0.2) is 4.79 Å². The first kappa shape index (κ1) is 11.0. The Hall–Kier alpha value is -1.10. The fourth-order valence-electron chi connectivity index (χ4n) is 1.67. The molecule has 14 heavy (non-hydrogen) atoms. The van der Waals surface area contributed by atoms with E-state index < -0.39 is 18.1 Å². The summed E-state index contributed by atoms with van der Waals surface area (Å²) >= 11 is 0. The minimum absolute atomic E-state index is 0.239. The number of carbonyl (C=O) groups excluding carboxylic acids is 1. The lowest BCUT2D eigenvalue weighted by Crippen LogP contribution is -2.48. The lowest BCUT2D eigenvalue weighted by atomic mass is 10.2. The summed E-state index contributed by atoms with van der Waals surface area (Å²) in [6.45, 7) is 2.33. The Morgan fingerprint density at radius 3 is 2.79 bits per heavy atom. The van der Waals surface area contributed by atoms with Crippen molar-refractivity contribution in [3.63, 3.8) is 0 Å². The van der Waals surface area contributed by atoms with E-state index in [1.807, 2.05) is 6.92 Å². The van der Waals surface area contributed by atoms with Gasteiger partial charge >= 0.3 is 5.97 Å². The maximum Gasteiger partial charge on any atom is 0.326 e. The zero-order valence-corrected chi connectivity index (χ0v) is 8.27. The van der Waals surface area contributed by atoms with Crippen molar-refractivity contribution in [1.29, 1.82) is 0 Å². The van der Waals surface area contributed by atoms with E-state index in [2.05, 4.69) is 0 Å². The van der Waals surface area contributed by atoms with Crippen LogP contribution in [0.1, 0.15) is 26.2 Å². The summed E-state index contributed by atoms with van der Waals surface area (Å²) in [7, 11) is 0. The first-order valence-electron chi connectivity index (χ1n) is 4.86. The molecule has 0 bridgehead atoms. The van der Waals surface area contributed by atoms with E-state index in [4.69, 9.17) is 10.8 Å². The Morgan fingerprint density at radius 2 is 2.29 bits per heavy atom. The molecule has 1 unspecified atom stereocenters. The number of carboxylic acids is 1. The normalized spacial score (nSPS) is 23.6. The van der Waals surface area contributed by atoms with Gasteiger partial charge in [-0.15, -0.1) is 0 Å². The standard InChI is InChI=1S/C9H16N2O3/c1-2-6(10)8(12)11-5-3-4-7(11)9(13)14/h6-7H,2-5,10H2,1H3,(H,13,14)/t6?,7-/m1/s1. The molecule has 80 valence electrons. The van der Waals surface area contributed by atoms with Crippen LogP contribution in [0.3, 0.4) is 0 Å². The zero-order chi connectivity index (χ0) is 10.7. The molecule has 0 aliphatic carbocycles. The number of carboxylic acid groups (broad SMARTS) is 1. The Bertz CT molecular complexity index is 242. The van der Waals surface area contributed by atoms with Gasteiger partial charge in [-0.05, 0) is 19.3 Å². The van der Waals surface area contributed by atoms with Crippen LogP contribution in [0.5, 0.6) is 0 Å². The van der Waals surface area contributed by atoms with E-state index >= 15 is 0 Å². The minimum Gasteiger partial charge on any atom is -0.480 e. The summed E-state index contributed by atoms with van der Waals surface area (Å²) in [5, 5.41) is 8.85. The summed E-state index contributed by atoms with van der Waals surface area (Å²) in [4.78, 5) is 23.8. The van der Waals surface area contributed by atoms with Crippen molar-refractivity contribution >= 4 is 11.9 Å². The molecule has 2 atom stereocenters. The number of nitrogens with zero attached hydrogens (tertiary/aromatic N) is 1.